The summed E-state index contributed by atoms with van der Waals surface area (Å²) in [5, 5.41) is 29.6. The van der Waals surface area contributed by atoms with Gasteiger partial charge in [-0.3, -0.25) is 14.0 Å². The van der Waals surface area contributed by atoms with Crippen LogP contribution in [0.5, 0.6) is 0 Å². The summed E-state index contributed by atoms with van der Waals surface area (Å²) >= 11 is 1.24. The number of rotatable bonds is 11. The van der Waals surface area contributed by atoms with Crippen molar-refractivity contribution in [2.75, 3.05) is 53.3 Å². The highest BCUT2D eigenvalue weighted by molar-refractivity contribution is 7.40. The van der Waals surface area contributed by atoms with Crippen LogP contribution in [0.1, 0.15) is 68.7 Å². The Hall–Kier alpha value is -3.28. The molecule has 1 fully saturated rings. The summed E-state index contributed by atoms with van der Waals surface area (Å²) in [6, 6.07) is 2.01. The number of amides is 1. The van der Waals surface area contributed by atoms with Crippen molar-refractivity contribution in [1.82, 2.24) is 29.5 Å². The Kier molecular flexibility index (Phi) is 15.7. The number of aliphatic hydroxyl groups excluding tert-OH is 2. The van der Waals surface area contributed by atoms with Gasteiger partial charge >= 0.3 is 8.60 Å². The van der Waals surface area contributed by atoms with Gasteiger partial charge in [-0.25, -0.2) is 19.0 Å². The molecule has 4 aromatic rings. The molecule has 18 heteroatoms. The minimum absolute atomic E-state index is 0.0524. The second kappa shape index (κ2) is 19.2. The Balaban J connectivity index is 0.000000572. The maximum Gasteiger partial charge on any atom is 0.331 e. The smallest absolute Gasteiger partial charge is 0.331 e. The first-order valence-electron chi connectivity index (χ1n) is 15.7. The van der Waals surface area contributed by atoms with Crippen molar-refractivity contribution in [3.63, 3.8) is 0 Å². The zero-order valence-electron chi connectivity index (χ0n) is 28.6. The second-order valence-corrected chi connectivity index (χ2v) is 13.9. The number of carbonyl (C=O) groups is 1. The van der Waals surface area contributed by atoms with Gasteiger partial charge < -0.3 is 29.4 Å². The van der Waals surface area contributed by atoms with E-state index in [1.807, 2.05) is 0 Å². The van der Waals surface area contributed by atoms with Gasteiger partial charge in [0.1, 0.15) is 28.6 Å². The van der Waals surface area contributed by atoms with E-state index in [0.717, 1.165) is 55.3 Å². The number of thiazole rings is 1. The number of aliphatic hydroxyl groups is 2. The minimum Gasteiger partial charge on any atom is -0.397 e. The molecule has 0 aliphatic heterocycles. The minimum atomic E-state index is -2.02. The molecule has 1 aliphatic carbocycles. The molecule has 4 N–H and O–H groups in total. The standard InChI is InChI=1S/C24H26F2N7O4PS.C5H14NO.C2H6O/c1-14(37-38(35)36-2)32-11-15(10-27-32)24-29-19(13-39-24)23(34)28-18-12-33(16-6-4-3-5-7-16)31-22(18)21-17(25)8-9-20(26)30-21;1-6(2,3)4-5-7;1-2-3/h8-14,16,35H,3-7H2,1-2H3,(H,28,34);7H,4-5H2,1-3H3;3H,2H2,1H3/q;+1;. The third kappa shape index (κ3) is 12.2. The van der Waals surface area contributed by atoms with Crippen LogP contribution in [-0.2, 0) is 9.05 Å². The van der Waals surface area contributed by atoms with Gasteiger partial charge in [-0.2, -0.15) is 14.6 Å². The lowest BCUT2D eigenvalue weighted by molar-refractivity contribution is -0.870. The summed E-state index contributed by atoms with van der Waals surface area (Å²) in [4.78, 5) is 30.9. The molecule has 1 aliphatic rings. The Morgan fingerprint density at radius 1 is 1.14 bits per heavy atom. The summed E-state index contributed by atoms with van der Waals surface area (Å²) in [5.74, 6) is -2.13. The fourth-order valence-corrected chi connectivity index (χ4v) is 5.86. The Bertz CT molecular complexity index is 1610. The van der Waals surface area contributed by atoms with Crippen LogP contribution in [0, 0.1) is 11.8 Å². The lowest BCUT2D eigenvalue weighted by Gasteiger charge is -2.21. The van der Waals surface area contributed by atoms with E-state index < -0.39 is 32.5 Å². The number of hydrogen-bond donors (Lipinski definition) is 4. The van der Waals surface area contributed by atoms with E-state index in [2.05, 4.69) is 46.6 Å². The van der Waals surface area contributed by atoms with Crippen LogP contribution in [0.4, 0.5) is 14.5 Å². The Morgan fingerprint density at radius 2 is 1.84 bits per heavy atom. The first-order chi connectivity index (χ1) is 23.3. The van der Waals surface area contributed by atoms with Gasteiger partial charge in [0, 0.05) is 37.1 Å². The highest BCUT2D eigenvalue weighted by Gasteiger charge is 2.25. The first kappa shape index (κ1) is 40.2. The molecule has 4 heterocycles. The molecule has 4 aromatic heterocycles. The number of nitrogens with one attached hydrogen (secondary N) is 1. The molecule has 5 rings (SSSR count). The maximum atomic E-state index is 14.6. The summed E-state index contributed by atoms with van der Waals surface area (Å²) in [5.41, 5.74) is 0.772. The molecule has 0 radical (unpaired) electrons. The molecule has 2 unspecified atom stereocenters. The van der Waals surface area contributed by atoms with E-state index in [-0.39, 0.29) is 42.0 Å². The topological polar surface area (TPSA) is 170 Å². The fourth-order valence-electron chi connectivity index (χ4n) is 4.64. The lowest BCUT2D eigenvalue weighted by Crippen LogP contribution is -2.36. The maximum absolute atomic E-state index is 14.6. The zero-order chi connectivity index (χ0) is 36.1. The molecule has 0 aromatic carbocycles. The van der Waals surface area contributed by atoms with Gasteiger partial charge in [0.25, 0.3) is 5.91 Å². The average Bonchev–Trinajstić information content (AvgIpc) is 3.83. The molecule has 1 amide bonds. The normalized spacial score (nSPS) is 14.7. The summed E-state index contributed by atoms with van der Waals surface area (Å²) in [7, 11) is 5.47. The highest BCUT2D eigenvalue weighted by atomic mass is 32.1. The van der Waals surface area contributed by atoms with Gasteiger partial charge in [0.15, 0.2) is 12.0 Å². The molecule has 49 heavy (non-hydrogen) atoms. The number of carbonyl (C=O) groups excluding carboxylic acids is 1. The molecular weight excluding hydrogens is 681 g/mol. The Morgan fingerprint density at radius 3 is 2.45 bits per heavy atom. The van der Waals surface area contributed by atoms with Gasteiger partial charge in [0.2, 0.25) is 5.95 Å². The molecular formula is C31H46F2N8O6PS+. The van der Waals surface area contributed by atoms with E-state index in [1.165, 1.54) is 23.1 Å². The third-order valence-corrected chi connectivity index (χ3v) is 8.78. The van der Waals surface area contributed by atoms with Crippen LogP contribution in [0.2, 0.25) is 0 Å². The molecule has 270 valence electrons. The predicted octanol–water partition coefficient (Wildman–Crippen LogP) is 5.39. The summed E-state index contributed by atoms with van der Waals surface area (Å²) in [6.07, 6.45) is 9.35. The van der Waals surface area contributed by atoms with E-state index >= 15 is 0 Å². The monoisotopic (exact) mass is 727 g/mol. The number of pyridine rings is 1. The van der Waals surface area contributed by atoms with Crippen LogP contribution >= 0.6 is 19.9 Å². The first-order valence-corrected chi connectivity index (χ1v) is 17.8. The average molecular weight is 728 g/mol. The van der Waals surface area contributed by atoms with Crippen LogP contribution in [0.3, 0.4) is 0 Å². The van der Waals surface area contributed by atoms with E-state index in [1.54, 1.807) is 42.5 Å². The van der Waals surface area contributed by atoms with Crippen molar-refractivity contribution >= 4 is 31.5 Å². The van der Waals surface area contributed by atoms with Crippen molar-refractivity contribution < 1.29 is 42.2 Å². The largest absolute Gasteiger partial charge is 0.397 e. The SMILES string of the molecule is CCO.COP(O)OC(C)n1cc(-c2nc(C(=O)Nc3cn(C4CCCCC4)nc3-c3nc(F)ccc3F)cs2)cn1.C[N+](C)(C)CCO. The number of halogens is 2. The van der Waals surface area contributed by atoms with E-state index in [4.69, 9.17) is 19.3 Å². The van der Waals surface area contributed by atoms with Crippen molar-refractivity contribution in [2.24, 2.45) is 0 Å². The van der Waals surface area contributed by atoms with Crippen LogP contribution in [-0.4, -0.2) is 103 Å². The molecule has 2 atom stereocenters. The van der Waals surface area contributed by atoms with Gasteiger partial charge in [0.05, 0.1) is 45.7 Å². The fraction of sp³-hybridized carbons (Fsp3) is 0.516. The molecule has 1 saturated carbocycles. The Labute approximate surface area is 289 Å². The van der Waals surface area contributed by atoms with Crippen molar-refractivity contribution in [1.29, 1.82) is 0 Å². The number of hydrogen-bond acceptors (Lipinski definition) is 11. The number of aromatic nitrogens is 6. The van der Waals surface area contributed by atoms with E-state index in [9.17, 15) is 18.5 Å². The van der Waals surface area contributed by atoms with Gasteiger partial charge in [-0.15, -0.1) is 11.3 Å². The van der Waals surface area contributed by atoms with Gasteiger partial charge in [-0.1, -0.05) is 19.3 Å². The molecule has 0 spiro atoms. The molecule has 0 bridgehead atoms. The van der Waals surface area contributed by atoms with Crippen molar-refractivity contribution in [3.8, 4) is 22.0 Å². The van der Waals surface area contributed by atoms with Crippen molar-refractivity contribution in [2.45, 2.75) is 58.2 Å². The summed E-state index contributed by atoms with van der Waals surface area (Å²) < 4.78 is 42.7. The number of nitrogens with zero attached hydrogens (tertiary/aromatic N) is 7. The number of anilines is 1. The highest BCUT2D eigenvalue weighted by Crippen LogP contribution is 2.37. The summed E-state index contributed by atoms with van der Waals surface area (Å²) in [6.45, 7) is 4.74. The lowest BCUT2D eigenvalue weighted by atomic mass is 9.96. The zero-order valence-corrected chi connectivity index (χ0v) is 30.3. The number of quaternary nitrogens is 1. The quantitative estimate of drug-likeness (QED) is 0.0894. The number of likely N-dealkylation sites (N-methyl/N-ethyl adjacent to an activating group) is 1. The third-order valence-electron chi connectivity index (χ3n) is 7.09. The van der Waals surface area contributed by atoms with E-state index in [0.29, 0.717) is 10.6 Å². The van der Waals surface area contributed by atoms with Crippen LogP contribution < -0.4 is 5.32 Å². The predicted molar refractivity (Wildman–Crippen MR) is 183 cm³/mol. The van der Waals surface area contributed by atoms with Gasteiger partial charge in [-0.05, 0) is 38.8 Å². The molecule has 14 nitrogen and oxygen atoms in total. The second-order valence-electron chi connectivity index (χ2n) is 12.0. The van der Waals surface area contributed by atoms with Crippen LogP contribution in [0.25, 0.3) is 22.0 Å². The van der Waals surface area contributed by atoms with Crippen molar-refractivity contribution in [3.05, 3.63) is 53.6 Å². The van der Waals surface area contributed by atoms with Crippen LogP contribution in [0.15, 0.2) is 36.1 Å². The molecule has 0 saturated heterocycles.